The van der Waals surface area contributed by atoms with Crippen LogP contribution in [-0.4, -0.2) is 23.3 Å². The second kappa shape index (κ2) is 3.96. The number of rotatable bonds is 1. The lowest BCUT2D eigenvalue weighted by atomic mass is 9.92. The molecular weight excluding hydrogens is 198 g/mol. The summed E-state index contributed by atoms with van der Waals surface area (Å²) in [6.45, 7) is 3.35. The van der Waals surface area contributed by atoms with Gasteiger partial charge in [0.05, 0.1) is 10.7 Å². The minimum absolute atomic E-state index is 0.632. The summed E-state index contributed by atoms with van der Waals surface area (Å²) in [6, 6.07) is 0. The molecule has 1 unspecified atom stereocenters. The number of aliphatic hydroxyl groups is 1. The van der Waals surface area contributed by atoms with Gasteiger partial charge in [0, 0.05) is 25.0 Å². The van der Waals surface area contributed by atoms with E-state index in [0.29, 0.717) is 13.0 Å². The molecule has 14 heavy (non-hydrogen) atoms. The van der Waals surface area contributed by atoms with Crippen molar-refractivity contribution in [3.63, 3.8) is 0 Å². The van der Waals surface area contributed by atoms with E-state index >= 15 is 0 Å². The lowest BCUT2D eigenvalue weighted by Crippen LogP contribution is -2.26. The average Bonchev–Trinajstić information content (AvgIpc) is 2.47. The molecule has 1 N–H and O–H groups in total. The van der Waals surface area contributed by atoms with Crippen LogP contribution >= 0.6 is 11.3 Å². The van der Waals surface area contributed by atoms with Gasteiger partial charge >= 0.3 is 0 Å². The van der Waals surface area contributed by atoms with Crippen LogP contribution in [0.2, 0.25) is 0 Å². The predicted molar refractivity (Wildman–Crippen MR) is 55.4 cm³/mol. The largest absolute Gasteiger partial charge is 0.383 e. The highest BCUT2D eigenvalue weighted by molar-refractivity contribution is 7.09. The second-order valence-electron chi connectivity index (χ2n) is 3.75. The molecule has 3 nitrogen and oxygen atoms in total. The summed E-state index contributed by atoms with van der Waals surface area (Å²) in [5.41, 5.74) is 0.0758. The fourth-order valence-electron chi connectivity index (χ4n) is 1.77. The van der Waals surface area contributed by atoms with E-state index in [9.17, 15) is 5.11 Å². The van der Waals surface area contributed by atoms with E-state index < -0.39 is 5.60 Å². The number of nitrogens with zero attached hydrogens (tertiary/aromatic N) is 1. The van der Waals surface area contributed by atoms with Crippen LogP contribution in [0.25, 0.3) is 0 Å². The van der Waals surface area contributed by atoms with E-state index in [1.54, 1.807) is 11.3 Å². The van der Waals surface area contributed by atoms with Crippen molar-refractivity contribution in [1.29, 1.82) is 0 Å². The molecule has 0 spiro atoms. The Morgan fingerprint density at radius 3 is 3.07 bits per heavy atom. The molecule has 1 aliphatic rings. The Morgan fingerprint density at radius 1 is 1.50 bits per heavy atom. The minimum atomic E-state index is -0.749. The van der Waals surface area contributed by atoms with E-state index in [2.05, 4.69) is 4.98 Å². The van der Waals surface area contributed by atoms with E-state index in [-0.39, 0.29) is 0 Å². The number of hydrogen-bond acceptors (Lipinski definition) is 4. The van der Waals surface area contributed by atoms with Crippen LogP contribution in [0.1, 0.15) is 30.0 Å². The summed E-state index contributed by atoms with van der Waals surface area (Å²) < 4.78 is 5.33. The smallest absolute Gasteiger partial charge is 0.110 e. The van der Waals surface area contributed by atoms with E-state index in [1.165, 1.54) is 0 Å². The first-order valence-electron chi connectivity index (χ1n) is 4.93. The molecule has 1 atom stereocenters. The van der Waals surface area contributed by atoms with Crippen LogP contribution in [0, 0.1) is 6.92 Å². The molecule has 1 aliphatic heterocycles. The average molecular weight is 213 g/mol. The van der Waals surface area contributed by atoms with Crippen molar-refractivity contribution in [2.45, 2.75) is 31.8 Å². The third kappa shape index (κ3) is 1.97. The highest BCUT2D eigenvalue weighted by Gasteiger charge is 2.32. The molecule has 1 saturated heterocycles. The molecule has 0 saturated carbocycles. The number of ether oxygens (including phenoxy) is 1. The zero-order valence-corrected chi connectivity index (χ0v) is 9.14. The van der Waals surface area contributed by atoms with Gasteiger partial charge in [0.15, 0.2) is 0 Å². The van der Waals surface area contributed by atoms with Gasteiger partial charge in [-0.05, 0) is 19.8 Å². The molecular formula is C10H15NO2S. The van der Waals surface area contributed by atoms with Crippen LogP contribution in [0.15, 0.2) is 5.38 Å². The summed E-state index contributed by atoms with van der Waals surface area (Å²) in [5.74, 6) is 0. The van der Waals surface area contributed by atoms with Crippen LogP contribution in [0.3, 0.4) is 0 Å². The van der Waals surface area contributed by atoms with Gasteiger partial charge in [-0.25, -0.2) is 4.98 Å². The maximum atomic E-state index is 10.4. The quantitative estimate of drug-likeness (QED) is 0.774. The number of hydrogen-bond donors (Lipinski definition) is 1. The van der Waals surface area contributed by atoms with Crippen molar-refractivity contribution < 1.29 is 9.84 Å². The predicted octanol–water partition coefficient (Wildman–Crippen LogP) is 1.84. The SMILES string of the molecule is Cc1nc(C2(O)CCCOCC2)cs1. The highest BCUT2D eigenvalue weighted by atomic mass is 32.1. The van der Waals surface area contributed by atoms with E-state index in [4.69, 9.17) is 4.74 Å². The van der Waals surface area contributed by atoms with Crippen molar-refractivity contribution in [1.82, 2.24) is 4.98 Å². The summed E-state index contributed by atoms with van der Waals surface area (Å²) in [4.78, 5) is 4.36. The third-order valence-corrected chi connectivity index (χ3v) is 3.41. The topological polar surface area (TPSA) is 42.4 Å². The van der Waals surface area contributed by atoms with Crippen molar-refractivity contribution in [2.24, 2.45) is 0 Å². The summed E-state index contributed by atoms with van der Waals surface area (Å²) in [6.07, 6.45) is 2.33. The van der Waals surface area contributed by atoms with E-state index in [0.717, 1.165) is 30.2 Å². The van der Waals surface area contributed by atoms with Crippen molar-refractivity contribution in [3.8, 4) is 0 Å². The summed E-state index contributed by atoms with van der Waals surface area (Å²) in [5, 5.41) is 13.4. The molecule has 2 rings (SSSR count). The van der Waals surface area contributed by atoms with Gasteiger partial charge < -0.3 is 9.84 Å². The summed E-state index contributed by atoms with van der Waals surface area (Å²) >= 11 is 1.59. The molecule has 1 aromatic rings. The van der Waals surface area contributed by atoms with Crippen molar-refractivity contribution in [2.75, 3.05) is 13.2 Å². The Morgan fingerprint density at radius 2 is 2.36 bits per heavy atom. The Balaban J connectivity index is 2.20. The molecule has 1 aromatic heterocycles. The monoisotopic (exact) mass is 213 g/mol. The lowest BCUT2D eigenvalue weighted by molar-refractivity contribution is 0.0109. The Hall–Kier alpha value is -0.450. The number of aromatic nitrogens is 1. The molecule has 78 valence electrons. The molecule has 2 heterocycles. The maximum Gasteiger partial charge on any atom is 0.110 e. The standard InChI is InChI=1S/C10H15NO2S/c1-8-11-9(7-14-8)10(12)3-2-5-13-6-4-10/h7,12H,2-6H2,1H3. The first-order chi connectivity index (χ1) is 6.71. The van der Waals surface area contributed by atoms with Crippen LogP contribution in [0.4, 0.5) is 0 Å². The van der Waals surface area contributed by atoms with Crippen LogP contribution < -0.4 is 0 Å². The maximum absolute atomic E-state index is 10.4. The fraction of sp³-hybridized carbons (Fsp3) is 0.700. The first-order valence-corrected chi connectivity index (χ1v) is 5.81. The normalized spacial score (nSPS) is 28.7. The first kappa shape index (κ1) is 10.1. The van der Waals surface area contributed by atoms with Crippen LogP contribution in [-0.2, 0) is 10.3 Å². The Bertz CT molecular complexity index is 303. The van der Waals surface area contributed by atoms with E-state index in [1.807, 2.05) is 12.3 Å². The van der Waals surface area contributed by atoms with Gasteiger partial charge in [0.1, 0.15) is 5.60 Å². The number of aryl methyl sites for hydroxylation is 1. The van der Waals surface area contributed by atoms with Gasteiger partial charge in [-0.3, -0.25) is 0 Å². The molecule has 0 radical (unpaired) electrons. The molecule has 0 amide bonds. The van der Waals surface area contributed by atoms with Crippen molar-refractivity contribution >= 4 is 11.3 Å². The van der Waals surface area contributed by atoms with Gasteiger partial charge in [0.2, 0.25) is 0 Å². The molecule has 1 fully saturated rings. The molecule has 4 heteroatoms. The lowest BCUT2D eigenvalue weighted by Gasteiger charge is -2.23. The second-order valence-corrected chi connectivity index (χ2v) is 4.81. The summed E-state index contributed by atoms with van der Waals surface area (Å²) in [7, 11) is 0. The Kier molecular flexibility index (Phi) is 2.85. The Labute approximate surface area is 87.7 Å². The highest BCUT2D eigenvalue weighted by Crippen LogP contribution is 2.32. The van der Waals surface area contributed by atoms with Gasteiger partial charge in [-0.15, -0.1) is 11.3 Å². The molecule has 0 bridgehead atoms. The third-order valence-electron chi connectivity index (χ3n) is 2.63. The number of thiazole rings is 1. The zero-order chi connectivity index (χ0) is 10.0. The fourth-order valence-corrected chi connectivity index (χ4v) is 2.47. The molecule has 0 aliphatic carbocycles. The zero-order valence-electron chi connectivity index (χ0n) is 8.32. The minimum Gasteiger partial charge on any atom is -0.383 e. The van der Waals surface area contributed by atoms with Crippen LogP contribution in [0.5, 0.6) is 0 Å². The van der Waals surface area contributed by atoms with Crippen molar-refractivity contribution in [3.05, 3.63) is 16.1 Å². The molecule has 0 aromatic carbocycles. The van der Waals surface area contributed by atoms with Gasteiger partial charge in [-0.2, -0.15) is 0 Å². The van der Waals surface area contributed by atoms with Gasteiger partial charge in [0.25, 0.3) is 0 Å². The van der Waals surface area contributed by atoms with Gasteiger partial charge in [-0.1, -0.05) is 0 Å².